The molecule has 3 N–H and O–H groups in total. The van der Waals surface area contributed by atoms with Gasteiger partial charge in [-0.3, -0.25) is 0 Å². The third kappa shape index (κ3) is 2.57. The van der Waals surface area contributed by atoms with Gasteiger partial charge in [-0.2, -0.15) is 4.98 Å². The number of rotatable bonds is 4. The van der Waals surface area contributed by atoms with Crippen molar-refractivity contribution in [3.8, 4) is 11.4 Å². The maximum atomic E-state index is 12.9. The minimum absolute atomic E-state index is 0.312. The van der Waals surface area contributed by atoms with E-state index in [-0.39, 0.29) is 5.82 Å². The zero-order chi connectivity index (χ0) is 13.9. The number of H-pyrrole nitrogens is 1. The van der Waals surface area contributed by atoms with Crippen molar-refractivity contribution in [1.82, 2.24) is 20.1 Å². The number of aromatic amines is 1. The molecule has 0 aliphatic heterocycles. The lowest BCUT2D eigenvalue weighted by molar-refractivity contribution is 0.354. The summed E-state index contributed by atoms with van der Waals surface area (Å²) in [6, 6.07) is 5.44. The second-order valence-corrected chi connectivity index (χ2v) is 4.35. The van der Waals surface area contributed by atoms with Crippen LogP contribution in [0.4, 0.5) is 4.39 Å². The van der Waals surface area contributed by atoms with E-state index in [4.69, 9.17) is 10.3 Å². The molecule has 0 fully saturated rings. The number of aromatic nitrogens is 4. The highest BCUT2D eigenvalue weighted by atomic mass is 19.1. The van der Waals surface area contributed by atoms with Crippen molar-refractivity contribution in [2.24, 2.45) is 5.73 Å². The van der Waals surface area contributed by atoms with Gasteiger partial charge in [-0.05, 0) is 24.3 Å². The fourth-order valence-electron chi connectivity index (χ4n) is 1.82. The Morgan fingerprint density at radius 2 is 2.10 bits per heavy atom. The average molecular weight is 273 g/mol. The number of benzene rings is 1. The van der Waals surface area contributed by atoms with Crippen LogP contribution in [-0.4, -0.2) is 20.1 Å². The van der Waals surface area contributed by atoms with E-state index in [9.17, 15) is 4.39 Å². The van der Waals surface area contributed by atoms with Crippen molar-refractivity contribution in [1.29, 1.82) is 0 Å². The molecule has 2 aromatic heterocycles. The Bertz CT molecular complexity index is 677. The second-order valence-electron chi connectivity index (χ2n) is 4.35. The monoisotopic (exact) mass is 273 g/mol. The molecule has 1 atom stereocenters. The molecular weight excluding hydrogens is 261 g/mol. The summed E-state index contributed by atoms with van der Waals surface area (Å²) in [6.07, 6.45) is 3.79. The molecule has 0 unspecified atom stereocenters. The number of halogens is 1. The third-order valence-corrected chi connectivity index (χ3v) is 2.86. The predicted molar refractivity (Wildman–Crippen MR) is 68.9 cm³/mol. The Morgan fingerprint density at radius 1 is 1.30 bits per heavy atom. The normalized spacial score (nSPS) is 12.5. The van der Waals surface area contributed by atoms with E-state index >= 15 is 0 Å². The van der Waals surface area contributed by atoms with Gasteiger partial charge in [0.15, 0.2) is 0 Å². The van der Waals surface area contributed by atoms with Crippen molar-refractivity contribution in [2.45, 2.75) is 12.5 Å². The van der Waals surface area contributed by atoms with Crippen LogP contribution in [0.15, 0.2) is 41.3 Å². The highest BCUT2D eigenvalue weighted by Crippen LogP contribution is 2.19. The predicted octanol–water partition coefficient (Wildman–Crippen LogP) is 1.84. The highest BCUT2D eigenvalue weighted by molar-refractivity contribution is 5.53. The molecule has 1 aromatic carbocycles. The summed E-state index contributed by atoms with van der Waals surface area (Å²) in [6.45, 7) is 0. The number of nitrogens with one attached hydrogen (secondary N) is 1. The molecule has 0 saturated carbocycles. The molecule has 0 amide bonds. The molecule has 102 valence electrons. The van der Waals surface area contributed by atoms with Crippen molar-refractivity contribution in [3.63, 3.8) is 0 Å². The maximum Gasteiger partial charge on any atom is 0.244 e. The van der Waals surface area contributed by atoms with E-state index in [0.717, 1.165) is 5.69 Å². The quantitative estimate of drug-likeness (QED) is 0.756. The zero-order valence-electron chi connectivity index (χ0n) is 10.5. The van der Waals surface area contributed by atoms with Gasteiger partial charge in [-0.15, -0.1) is 0 Å². The minimum atomic E-state index is -0.419. The van der Waals surface area contributed by atoms with Gasteiger partial charge in [0, 0.05) is 23.9 Å². The van der Waals surface area contributed by atoms with E-state index in [2.05, 4.69) is 20.1 Å². The Hall–Kier alpha value is -2.54. The van der Waals surface area contributed by atoms with Gasteiger partial charge in [0.25, 0.3) is 0 Å². The first-order valence-electron chi connectivity index (χ1n) is 6.05. The lowest BCUT2D eigenvalue weighted by Crippen LogP contribution is -2.13. The minimum Gasteiger partial charge on any atom is -0.348 e. The molecule has 0 aliphatic carbocycles. The fourth-order valence-corrected chi connectivity index (χ4v) is 1.82. The van der Waals surface area contributed by atoms with E-state index in [1.165, 1.54) is 12.1 Å². The Kier molecular flexibility index (Phi) is 3.26. The molecule has 0 spiro atoms. The van der Waals surface area contributed by atoms with Gasteiger partial charge in [0.2, 0.25) is 11.7 Å². The first-order chi connectivity index (χ1) is 9.72. The maximum absolute atomic E-state index is 12.9. The van der Waals surface area contributed by atoms with Gasteiger partial charge in [0.05, 0.1) is 12.4 Å². The number of nitrogens with zero attached hydrogens (tertiary/aromatic N) is 3. The van der Waals surface area contributed by atoms with Crippen molar-refractivity contribution in [2.75, 3.05) is 0 Å². The number of nitrogens with two attached hydrogens (primary N) is 1. The largest absolute Gasteiger partial charge is 0.348 e. The first kappa shape index (κ1) is 12.5. The summed E-state index contributed by atoms with van der Waals surface area (Å²) in [7, 11) is 0. The van der Waals surface area contributed by atoms with Crippen LogP contribution >= 0.6 is 0 Å². The molecule has 6 nitrogen and oxygen atoms in total. The van der Waals surface area contributed by atoms with E-state index < -0.39 is 6.04 Å². The van der Waals surface area contributed by atoms with Crippen LogP contribution in [0, 0.1) is 5.82 Å². The molecule has 0 saturated heterocycles. The van der Waals surface area contributed by atoms with Crippen LogP contribution in [0.5, 0.6) is 0 Å². The summed E-state index contributed by atoms with van der Waals surface area (Å²) < 4.78 is 18.0. The molecule has 3 rings (SSSR count). The molecule has 0 radical (unpaired) electrons. The summed E-state index contributed by atoms with van der Waals surface area (Å²) in [4.78, 5) is 11.1. The van der Waals surface area contributed by atoms with Crippen LogP contribution in [0.1, 0.15) is 17.6 Å². The van der Waals surface area contributed by atoms with E-state index in [1.54, 1.807) is 24.7 Å². The molecular formula is C13H12FN5O. The smallest absolute Gasteiger partial charge is 0.244 e. The molecule has 3 aromatic rings. The van der Waals surface area contributed by atoms with Crippen molar-refractivity contribution < 1.29 is 8.91 Å². The standard InChI is InChI=1S/C13H12FN5O/c14-9-3-1-8(2-4-9)12-18-13(20-19-12)11(15)5-10-6-16-7-17-10/h1-4,6-7,11H,5,15H2,(H,16,17)/t11-/m1/s1. The van der Waals surface area contributed by atoms with Crippen LogP contribution in [0.3, 0.4) is 0 Å². The van der Waals surface area contributed by atoms with Crippen LogP contribution < -0.4 is 5.73 Å². The van der Waals surface area contributed by atoms with Gasteiger partial charge in [-0.25, -0.2) is 9.37 Å². The van der Waals surface area contributed by atoms with Crippen molar-refractivity contribution >= 4 is 0 Å². The first-order valence-corrected chi connectivity index (χ1v) is 6.05. The molecule has 7 heteroatoms. The van der Waals surface area contributed by atoms with Crippen LogP contribution in [0.25, 0.3) is 11.4 Å². The Balaban J connectivity index is 1.77. The fraction of sp³-hybridized carbons (Fsp3) is 0.154. The molecule has 2 heterocycles. The molecule has 0 bridgehead atoms. The lowest BCUT2D eigenvalue weighted by Gasteiger charge is -2.03. The Labute approximate surface area is 113 Å². The van der Waals surface area contributed by atoms with Gasteiger partial charge >= 0.3 is 0 Å². The van der Waals surface area contributed by atoms with Gasteiger partial charge < -0.3 is 15.2 Å². The summed E-state index contributed by atoms with van der Waals surface area (Å²) in [5, 5.41) is 3.85. The lowest BCUT2D eigenvalue weighted by atomic mass is 10.2. The average Bonchev–Trinajstić information content (AvgIpc) is 3.10. The Morgan fingerprint density at radius 3 is 2.80 bits per heavy atom. The van der Waals surface area contributed by atoms with Crippen molar-refractivity contribution in [3.05, 3.63) is 54.2 Å². The number of imidazole rings is 1. The second kappa shape index (κ2) is 5.22. The summed E-state index contributed by atoms with van der Waals surface area (Å²) in [5.74, 6) is 0.410. The SMILES string of the molecule is N[C@H](Cc1cnc[nH]1)c1nc(-c2ccc(F)cc2)no1. The number of hydrogen-bond acceptors (Lipinski definition) is 5. The van der Waals surface area contributed by atoms with Gasteiger partial charge in [-0.1, -0.05) is 5.16 Å². The summed E-state index contributed by atoms with van der Waals surface area (Å²) >= 11 is 0. The summed E-state index contributed by atoms with van der Waals surface area (Å²) in [5.41, 5.74) is 7.56. The third-order valence-electron chi connectivity index (χ3n) is 2.86. The molecule has 20 heavy (non-hydrogen) atoms. The van der Waals surface area contributed by atoms with E-state index in [0.29, 0.717) is 23.7 Å². The zero-order valence-corrected chi connectivity index (χ0v) is 10.5. The highest BCUT2D eigenvalue weighted by Gasteiger charge is 2.16. The van der Waals surface area contributed by atoms with Gasteiger partial charge in [0.1, 0.15) is 5.82 Å². The van der Waals surface area contributed by atoms with Crippen LogP contribution in [-0.2, 0) is 6.42 Å². The number of hydrogen-bond donors (Lipinski definition) is 2. The molecule has 0 aliphatic rings. The topological polar surface area (TPSA) is 93.6 Å². The van der Waals surface area contributed by atoms with E-state index in [1.807, 2.05) is 0 Å². The van der Waals surface area contributed by atoms with Crippen LogP contribution in [0.2, 0.25) is 0 Å².